The Morgan fingerprint density at radius 1 is 0.837 bits per heavy atom. The van der Waals surface area contributed by atoms with Crippen LogP contribution in [0.1, 0.15) is 65.0 Å². The highest BCUT2D eigenvalue weighted by molar-refractivity contribution is 6.02. The number of fused-ring (bicyclic) bond motifs is 1. The SMILES string of the molecule is CC(C)(C)NC(=O)N1CCC(c2ccc(C(=O)NCC(=O)c3ccccc3)cc2)C(OCc2ccc3ccccc3c2)C1. The van der Waals surface area contributed by atoms with Crippen LogP contribution in [0.15, 0.2) is 97.1 Å². The molecule has 1 fully saturated rings. The molecule has 1 saturated heterocycles. The van der Waals surface area contributed by atoms with Crippen LogP contribution in [0.5, 0.6) is 0 Å². The standard InChI is InChI=1S/C36H39N3O4/c1-36(2,3)38-35(42)39-20-19-31(33(23-39)43-24-25-13-14-26-9-7-8-12-30(26)21-25)27-15-17-29(18-16-27)34(41)37-22-32(40)28-10-5-4-6-11-28/h4-18,21,31,33H,19-20,22-24H2,1-3H3,(H,37,41)(H,38,42). The molecule has 7 heteroatoms. The number of nitrogens with one attached hydrogen (secondary N) is 2. The number of rotatable bonds is 8. The molecule has 7 nitrogen and oxygen atoms in total. The van der Waals surface area contributed by atoms with Crippen molar-refractivity contribution in [2.75, 3.05) is 19.6 Å². The maximum absolute atomic E-state index is 13.0. The zero-order valence-electron chi connectivity index (χ0n) is 25.0. The van der Waals surface area contributed by atoms with Gasteiger partial charge in [-0.3, -0.25) is 9.59 Å². The second kappa shape index (κ2) is 13.2. The molecule has 1 aliphatic heterocycles. The normalized spacial score (nSPS) is 17.0. The van der Waals surface area contributed by atoms with Crippen LogP contribution in [0.3, 0.4) is 0 Å². The molecule has 222 valence electrons. The van der Waals surface area contributed by atoms with E-state index >= 15 is 0 Å². The summed E-state index contributed by atoms with van der Waals surface area (Å²) in [6, 6.07) is 30.9. The number of carbonyl (C=O) groups is 3. The molecule has 0 spiro atoms. The van der Waals surface area contributed by atoms with Gasteiger partial charge in [-0.25, -0.2) is 4.79 Å². The summed E-state index contributed by atoms with van der Waals surface area (Å²) >= 11 is 0. The Morgan fingerprint density at radius 2 is 1.53 bits per heavy atom. The summed E-state index contributed by atoms with van der Waals surface area (Å²) in [5.74, 6) is -0.385. The third-order valence-corrected chi connectivity index (χ3v) is 7.71. The molecule has 5 rings (SSSR count). The lowest BCUT2D eigenvalue weighted by molar-refractivity contribution is -0.0152. The number of hydrogen-bond acceptors (Lipinski definition) is 4. The highest BCUT2D eigenvalue weighted by Crippen LogP contribution is 2.32. The first-order chi connectivity index (χ1) is 20.7. The first-order valence-corrected chi connectivity index (χ1v) is 14.8. The second-order valence-electron chi connectivity index (χ2n) is 12.1. The Morgan fingerprint density at radius 3 is 2.26 bits per heavy atom. The fourth-order valence-corrected chi connectivity index (χ4v) is 5.45. The Hall–Kier alpha value is -4.49. The fraction of sp³-hybridized carbons (Fsp3) is 0.306. The molecule has 0 radical (unpaired) electrons. The smallest absolute Gasteiger partial charge is 0.317 e. The number of ketones is 1. The number of urea groups is 1. The van der Waals surface area contributed by atoms with Crippen molar-refractivity contribution in [3.63, 3.8) is 0 Å². The van der Waals surface area contributed by atoms with Crippen LogP contribution in [0.2, 0.25) is 0 Å². The van der Waals surface area contributed by atoms with Crippen LogP contribution in [-0.4, -0.2) is 53.9 Å². The van der Waals surface area contributed by atoms with Crippen molar-refractivity contribution < 1.29 is 19.1 Å². The molecule has 0 saturated carbocycles. The van der Waals surface area contributed by atoms with Crippen molar-refractivity contribution in [2.45, 2.75) is 51.4 Å². The van der Waals surface area contributed by atoms with Gasteiger partial charge in [0, 0.05) is 35.7 Å². The summed E-state index contributed by atoms with van der Waals surface area (Å²) in [6.45, 7) is 7.35. The van der Waals surface area contributed by atoms with Gasteiger partial charge in [-0.05, 0) is 67.3 Å². The number of ether oxygens (including phenoxy) is 1. The van der Waals surface area contributed by atoms with Gasteiger partial charge < -0.3 is 20.3 Å². The predicted octanol–water partition coefficient (Wildman–Crippen LogP) is 6.34. The topological polar surface area (TPSA) is 87.7 Å². The van der Waals surface area contributed by atoms with Crippen LogP contribution in [0.25, 0.3) is 10.8 Å². The molecule has 2 N–H and O–H groups in total. The number of benzene rings is 4. The van der Waals surface area contributed by atoms with Crippen molar-refractivity contribution in [1.29, 1.82) is 0 Å². The molecule has 1 aliphatic rings. The monoisotopic (exact) mass is 577 g/mol. The Labute approximate surface area is 253 Å². The van der Waals surface area contributed by atoms with Gasteiger partial charge in [0.05, 0.1) is 19.3 Å². The number of Topliss-reactive ketones (excluding diaryl/α,β-unsaturated/α-hetero) is 1. The van der Waals surface area contributed by atoms with Crippen molar-refractivity contribution in [3.8, 4) is 0 Å². The van der Waals surface area contributed by atoms with Crippen LogP contribution in [0.4, 0.5) is 4.79 Å². The maximum atomic E-state index is 13.0. The molecule has 0 bridgehead atoms. The third-order valence-electron chi connectivity index (χ3n) is 7.71. The van der Waals surface area contributed by atoms with Gasteiger partial charge in [-0.15, -0.1) is 0 Å². The molecule has 1 heterocycles. The van der Waals surface area contributed by atoms with Gasteiger partial charge in [-0.1, -0.05) is 78.9 Å². The zero-order valence-corrected chi connectivity index (χ0v) is 25.0. The molecule has 3 amide bonds. The van der Waals surface area contributed by atoms with Crippen molar-refractivity contribution in [3.05, 3.63) is 119 Å². The molecule has 0 aliphatic carbocycles. The van der Waals surface area contributed by atoms with E-state index in [-0.39, 0.29) is 41.8 Å². The Balaban J connectivity index is 1.27. The summed E-state index contributed by atoms with van der Waals surface area (Å²) in [7, 11) is 0. The van der Waals surface area contributed by atoms with Crippen molar-refractivity contribution in [2.24, 2.45) is 0 Å². The highest BCUT2D eigenvalue weighted by atomic mass is 16.5. The quantitative estimate of drug-likeness (QED) is 0.240. The molecular weight excluding hydrogens is 538 g/mol. The average molecular weight is 578 g/mol. The maximum Gasteiger partial charge on any atom is 0.317 e. The molecule has 0 aromatic heterocycles. The Bertz CT molecular complexity index is 1580. The fourth-order valence-electron chi connectivity index (χ4n) is 5.45. The van der Waals surface area contributed by atoms with E-state index in [2.05, 4.69) is 41.0 Å². The van der Waals surface area contributed by atoms with Crippen LogP contribution < -0.4 is 10.6 Å². The van der Waals surface area contributed by atoms with E-state index in [1.807, 2.05) is 56.0 Å². The van der Waals surface area contributed by atoms with E-state index in [0.717, 1.165) is 22.9 Å². The zero-order chi connectivity index (χ0) is 30.4. The van der Waals surface area contributed by atoms with E-state index in [1.165, 1.54) is 5.39 Å². The summed E-state index contributed by atoms with van der Waals surface area (Å²) in [6.07, 6.45) is 0.506. The van der Waals surface area contributed by atoms with Crippen LogP contribution in [0, 0.1) is 0 Å². The van der Waals surface area contributed by atoms with Crippen LogP contribution >= 0.6 is 0 Å². The minimum atomic E-state index is -0.336. The lowest BCUT2D eigenvalue weighted by Crippen LogP contribution is -2.54. The molecule has 4 aromatic carbocycles. The minimum Gasteiger partial charge on any atom is -0.371 e. The first-order valence-electron chi connectivity index (χ1n) is 14.8. The summed E-state index contributed by atoms with van der Waals surface area (Å²) in [5.41, 5.74) is 2.84. The molecule has 43 heavy (non-hydrogen) atoms. The highest BCUT2D eigenvalue weighted by Gasteiger charge is 2.34. The van der Waals surface area contributed by atoms with Crippen molar-refractivity contribution >= 4 is 28.5 Å². The van der Waals surface area contributed by atoms with Gasteiger partial charge >= 0.3 is 6.03 Å². The number of carbonyl (C=O) groups excluding carboxylic acids is 3. The predicted molar refractivity (Wildman–Crippen MR) is 169 cm³/mol. The lowest BCUT2D eigenvalue weighted by Gasteiger charge is -2.39. The number of piperidine rings is 1. The summed E-state index contributed by atoms with van der Waals surface area (Å²) < 4.78 is 6.54. The third kappa shape index (κ3) is 7.87. The van der Waals surface area contributed by atoms with Crippen LogP contribution in [-0.2, 0) is 11.3 Å². The Kier molecular flexibility index (Phi) is 9.22. The van der Waals surface area contributed by atoms with Gasteiger partial charge in [0.15, 0.2) is 5.78 Å². The summed E-state index contributed by atoms with van der Waals surface area (Å²) in [4.78, 5) is 40.0. The number of hydrogen-bond donors (Lipinski definition) is 2. The van der Waals surface area contributed by atoms with E-state index in [4.69, 9.17) is 4.74 Å². The lowest BCUT2D eigenvalue weighted by atomic mass is 9.86. The summed E-state index contributed by atoms with van der Waals surface area (Å²) in [5, 5.41) is 8.14. The second-order valence-corrected chi connectivity index (χ2v) is 12.1. The largest absolute Gasteiger partial charge is 0.371 e. The van der Waals surface area contributed by atoms with Gasteiger partial charge in [-0.2, -0.15) is 0 Å². The first kappa shape index (κ1) is 30.0. The molecule has 2 atom stereocenters. The van der Waals surface area contributed by atoms with E-state index in [9.17, 15) is 14.4 Å². The molecule has 2 unspecified atom stereocenters. The molecule has 4 aromatic rings. The number of likely N-dealkylation sites (tertiary alicyclic amines) is 1. The van der Waals surface area contributed by atoms with Gasteiger partial charge in [0.2, 0.25) is 0 Å². The molecular formula is C36H39N3O4. The van der Waals surface area contributed by atoms with E-state index < -0.39 is 0 Å². The van der Waals surface area contributed by atoms with Gasteiger partial charge in [0.25, 0.3) is 5.91 Å². The minimum absolute atomic E-state index is 0.0518. The van der Waals surface area contributed by atoms with Gasteiger partial charge in [0.1, 0.15) is 0 Å². The number of amides is 3. The van der Waals surface area contributed by atoms with Crippen molar-refractivity contribution in [1.82, 2.24) is 15.5 Å². The van der Waals surface area contributed by atoms with E-state index in [1.54, 1.807) is 36.4 Å². The van der Waals surface area contributed by atoms with E-state index in [0.29, 0.717) is 30.8 Å². The average Bonchev–Trinajstić information content (AvgIpc) is 3.02. The number of nitrogens with zero attached hydrogens (tertiary/aromatic N) is 1.